The normalized spacial score (nSPS) is 12.6. The van der Waals surface area contributed by atoms with E-state index in [0.29, 0.717) is 12.1 Å². The zero-order valence-corrected chi connectivity index (χ0v) is 17.7. The highest BCUT2D eigenvalue weighted by molar-refractivity contribution is 7.99. The number of hydrogen-bond acceptors (Lipinski definition) is 5. The van der Waals surface area contributed by atoms with Gasteiger partial charge in [-0.05, 0) is 30.0 Å². The molecule has 2 rings (SSSR count). The van der Waals surface area contributed by atoms with Crippen LogP contribution in [0.3, 0.4) is 0 Å². The van der Waals surface area contributed by atoms with Crippen molar-refractivity contribution in [3.8, 4) is 0 Å². The molecule has 0 aliphatic carbocycles. The fourth-order valence-electron chi connectivity index (χ4n) is 2.37. The number of rotatable bonds is 6. The van der Waals surface area contributed by atoms with Crippen molar-refractivity contribution in [1.82, 2.24) is 0 Å². The van der Waals surface area contributed by atoms with Gasteiger partial charge in [0.25, 0.3) is 5.91 Å². The Morgan fingerprint density at radius 1 is 1.06 bits per heavy atom. The standard InChI is InChI=1S/C18H13F8NO3S2/c1-3-31-11-6-8(17(21,22)23)4-5-9(11)14(28)27-10-7-12(16(19,20)18(24,25)26)32-13(10)15(29)30-2/h4-7H,3H2,1-2H3,(H,27,28). The Labute approximate surface area is 183 Å². The molecule has 0 spiro atoms. The van der Waals surface area contributed by atoms with Crippen molar-refractivity contribution in [2.75, 3.05) is 18.2 Å². The Morgan fingerprint density at radius 3 is 2.19 bits per heavy atom. The SMILES string of the molecule is CCSc1cc(C(F)(F)F)ccc1C(=O)Nc1cc(C(F)(F)C(F)(F)F)sc1C(=O)OC. The minimum Gasteiger partial charge on any atom is -0.465 e. The number of amides is 1. The molecule has 0 aliphatic rings. The van der Waals surface area contributed by atoms with Crippen molar-refractivity contribution >= 4 is 40.7 Å². The summed E-state index contributed by atoms with van der Waals surface area (Å²) < 4.78 is 109. The first-order valence-electron chi connectivity index (χ1n) is 8.46. The Bertz CT molecular complexity index is 1010. The van der Waals surface area contributed by atoms with Crippen molar-refractivity contribution in [2.24, 2.45) is 0 Å². The molecular weight excluding hydrogens is 494 g/mol. The molecule has 4 nitrogen and oxygen atoms in total. The van der Waals surface area contributed by atoms with Crippen LogP contribution in [0, 0.1) is 0 Å². The van der Waals surface area contributed by atoms with E-state index in [0.717, 1.165) is 24.9 Å². The third-order valence-electron chi connectivity index (χ3n) is 3.87. The fourth-order valence-corrected chi connectivity index (χ4v) is 4.24. The van der Waals surface area contributed by atoms with E-state index >= 15 is 0 Å². The van der Waals surface area contributed by atoms with Gasteiger partial charge in [-0.1, -0.05) is 6.92 Å². The summed E-state index contributed by atoms with van der Waals surface area (Å²) in [5.41, 5.74) is -2.03. The number of alkyl halides is 8. The smallest absolute Gasteiger partial charge is 0.458 e. The Balaban J connectivity index is 2.50. The topological polar surface area (TPSA) is 55.4 Å². The highest BCUT2D eigenvalue weighted by Crippen LogP contribution is 2.48. The van der Waals surface area contributed by atoms with Crippen molar-refractivity contribution in [2.45, 2.75) is 30.1 Å². The molecular formula is C18H13F8NO3S2. The van der Waals surface area contributed by atoms with Crippen molar-refractivity contribution in [3.63, 3.8) is 0 Å². The second kappa shape index (κ2) is 9.25. The van der Waals surface area contributed by atoms with E-state index < -0.39 is 51.2 Å². The Hall–Kier alpha value is -2.35. The van der Waals surface area contributed by atoms with Crippen LogP contribution in [0.15, 0.2) is 29.2 Å². The summed E-state index contributed by atoms with van der Waals surface area (Å²) in [5.74, 6) is -7.44. The van der Waals surface area contributed by atoms with E-state index in [1.165, 1.54) is 0 Å². The molecule has 0 aliphatic heterocycles. The molecule has 0 saturated carbocycles. The molecule has 0 atom stereocenters. The van der Waals surface area contributed by atoms with Gasteiger partial charge in [0.2, 0.25) is 0 Å². The molecule has 0 bridgehead atoms. The number of hydrogen-bond donors (Lipinski definition) is 1. The predicted molar refractivity (Wildman–Crippen MR) is 101 cm³/mol. The molecule has 2 aromatic rings. The summed E-state index contributed by atoms with van der Waals surface area (Å²) >= 11 is 0.651. The van der Waals surface area contributed by atoms with Gasteiger partial charge in [-0.2, -0.15) is 35.1 Å². The lowest BCUT2D eigenvalue weighted by atomic mass is 10.1. The van der Waals surface area contributed by atoms with E-state index in [1.807, 2.05) is 5.32 Å². The molecule has 32 heavy (non-hydrogen) atoms. The molecule has 0 fully saturated rings. The van der Waals surface area contributed by atoms with Crippen LogP contribution in [0.2, 0.25) is 0 Å². The molecule has 1 N–H and O–H groups in total. The lowest BCUT2D eigenvalue weighted by molar-refractivity contribution is -0.287. The Kier molecular flexibility index (Phi) is 7.49. The molecule has 1 amide bonds. The van der Waals surface area contributed by atoms with E-state index in [-0.39, 0.29) is 33.6 Å². The number of carbonyl (C=O) groups excluding carboxylic acids is 2. The van der Waals surface area contributed by atoms with E-state index in [1.54, 1.807) is 6.92 Å². The van der Waals surface area contributed by atoms with Gasteiger partial charge in [-0.15, -0.1) is 23.1 Å². The maximum absolute atomic E-state index is 13.7. The van der Waals surface area contributed by atoms with Crippen LogP contribution in [0.4, 0.5) is 40.8 Å². The van der Waals surface area contributed by atoms with Crippen molar-refractivity contribution < 1.29 is 49.4 Å². The minimum absolute atomic E-state index is 0.101. The average molecular weight is 507 g/mol. The van der Waals surface area contributed by atoms with E-state index in [2.05, 4.69) is 4.74 Å². The molecule has 0 unspecified atom stereocenters. The van der Waals surface area contributed by atoms with Gasteiger partial charge in [0, 0.05) is 4.90 Å². The summed E-state index contributed by atoms with van der Waals surface area (Å²) in [5, 5.41) is 2.02. The summed E-state index contributed by atoms with van der Waals surface area (Å²) in [6.07, 6.45) is -10.7. The molecule has 14 heteroatoms. The van der Waals surface area contributed by atoms with Gasteiger partial charge in [-0.3, -0.25) is 4.79 Å². The number of thioether (sulfide) groups is 1. The lowest BCUT2D eigenvalue weighted by Crippen LogP contribution is -2.32. The van der Waals surface area contributed by atoms with Crippen LogP contribution >= 0.6 is 23.1 Å². The number of esters is 1. The number of methoxy groups -OCH3 is 1. The minimum atomic E-state index is -5.97. The number of ether oxygens (including phenoxy) is 1. The van der Waals surface area contributed by atoms with Crippen LogP contribution in [-0.2, 0) is 16.8 Å². The average Bonchev–Trinajstić information content (AvgIpc) is 3.10. The second-order valence-corrected chi connectivity index (χ2v) is 8.37. The Morgan fingerprint density at radius 2 is 1.69 bits per heavy atom. The van der Waals surface area contributed by atoms with Crippen LogP contribution in [0.5, 0.6) is 0 Å². The molecule has 176 valence electrons. The van der Waals surface area contributed by atoms with Crippen LogP contribution < -0.4 is 5.32 Å². The molecule has 0 radical (unpaired) electrons. The highest BCUT2D eigenvalue weighted by Gasteiger charge is 2.60. The first-order valence-corrected chi connectivity index (χ1v) is 10.3. The van der Waals surface area contributed by atoms with Gasteiger partial charge in [0.15, 0.2) is 0 Å². The summed E-state index contributed by atoms with van der Waals surface area (Å²) in [6, 6.07) is 2.44. The number of carbonyl (C=O) groups is 2. The van der Waals surface area contributed by atoms with Crippen LogP contribution in [0.25, 0.3) is 0 Å². The van der Waals surface area contributed by atoms with Gasteiger partial charge < -0.3 is 10.1 Å². The fraction of sp³-hybridized carbons (Fsp3) is 0.333. The summed E-state index contributed by atoms with van der Waals surface area (Å²) in [7, 11) is 0.848. The quantitative estimate of drug-likeness (QED) is 0.273. The monoisotopic (exact) mass is 507 g/mol. The second-order valence-electron chi connectivity index (χ2n) is 6.01. The molecule has 0 saturated heterocycles. The number of nitrogens with one attached hydrogen (secondary N) is 1. The number of halogens is 8. The molecule has 1 heterocycles. The van der Waals surface area contributed by atoms with Gasteiger partial charge in [0.05, 0.1) is 28.8 Å². The third-order valence-corrected chi connectivity index (χ3v) is 5.99. The van der Waals surface area contributed by atoms with Gasteiger partial charge >= 0.3 is 24.2 Å². The number of anilines is 1. The highest BCUT2D eigenvalue weighted by atomic mass is 32.2. The summed E-state index contributed by atoms with van der Waals surface area (Å²) in [6.45, 7) is 1.60. The summed E-state index contributed by atoms with van der Waals surface area (Å²) in [4.78, 5) is 22.1. The zero-order valence-electron chi connectivity index (χ0n) is 16.1. The maximum atomic E-state index is 13.7. The van der Waals surface area contributed by atoms with Crippen LogP contribution in [0.1, 0.15) is 37.4 Å². The van der Waals surface area contributed by atoms with Crippen molar-refractivity contribution in [3.05, 3.63) is 45.1 Å². The maximum Gasteiger partial charge on any atom is 0.458 e. The largest absolute Gasteiger partial charge is 0.465 e. The van der Waals surface area contributed by atoms with E-state index in [4.69, 9.17) is 0 Å². The third kappa shape index (κ3) is 5.34. The van der Waals surface area contributed by atoms with E-state index in [9.17, 15) is 44.7 Å². The number of thiophene rings is 1. The van der Waals surface area contributed by atoms with Gasteiger partial charge in [0.1, 0.15) is 4.88 Å². The molecule has 1 aromatic heterocycles. The van der Waals surface area contributed by atoms with Crippen molar-refractivity contribution in [1.29, 1.82) is 0 Å². The lowest BCUT2D eigenvalue weighted by Gasteiger charge is -2.17. The number of benzene rings is 1. The first kappa shape index (κ1) is 25.9. The molecule has 1 aromatic carbocycles. The predicted octanol–water partition coefficient (Wildman–Crippen LogP) is 6.57. The first-order chi connectivity index (χ1) is 14.6. The van der Waals surface area contributed by atoms with Gasteiger partial charge in [-0.25, -0.2) is 4.79 Å². The van der Waals surface area contributed by atoms with Crippen LogP contribution in [-0.4, -0.2) is 30.9 Å². The zero-order chi connectivity index (χ0) is 24.5.